The molecule has 1 saturated heterocycles. The van der Waals surface area contributed by atoms with Crippen LogP contribution in [0.25, 0.3) is 5.70 Å². The molecule has 38 heavy (non-hydrogen) atoms. The second-order valence-electron chi connectivity index (χ2n) is 8.03. The molecule has 2 aliphatic heterocycles. The number of amidine groups is 1. The smallest absolute Gasteiger partial charge is 0.543 e. The molecular formula is C25H33N4NaO6S2. The van der Waals surface area contributed by atoms with Gasteiger partial charge < -0.3 is 36.1 Å². The van der Waals surface area contributed by atoms with E-state index in [-0.39, 0.29) is 65.6 Å². The van der Waals surface area contributed by atoms with Crippen molar-refractivity contribution < 1.29 is 58.9 Å². The van der Waals surface area contributed by atoms with Crippen molar-refractivity contribution in [1.29, 1.82) is 0 Å². The topological polar surface area (TPSA) is 171 Å². The minimum Gasteiger partial charge on any atom is -0.543 e. The third kappa shape index (κ3) is 7.57. The number of aliphatic carboxylic acids is 1. The van der Waals surface area contributed by atoms with Crippen LogP contribution in [0.15, 0.2) is 45.3 Å². The van der Waals surface area contributed by atoms with E-state index in [2.05, 4.69) is 4.99 Å². The molecule has 1 fully saturated rings. The van der Waals surface area contributed by atoms with Gasteiger partial charge in [-0.3, -0.25) is 4.79 Å². The van der Waals surface area contributed by atoms with Crippen LogP contribution in [0.5, 0.6) is 0 Å². The first-order valence-corrected chi connectivity index (χ1v) is 13.9. The summed E-state index contributed by atoms with van der Waals surface area (Å²) in [5.41, 5.74) is 13.6. The van der Waals surface area contributed by atoms with Crippen molar-refractivity contribution in [3.05, 3.63) is 51.4 Å². The van der Waals surface area contributed by atoms with Crippen molar-refractivity contribution in [3.63, 3.8) is 0 Å². The predicted molar refractivity (Wildman–Crippen MR) is 145 cm³/mol. The van der Waals surface area contributed by atoms with Gasteiger partial charge in [-0.15, -0.1) is 23.5 Å². The minimum atomic E-state index is -1.40. The number of β-lactam (4-membered cyclic amide) rings is 1. The van der Waals surface area contributed by atoms with Crippen LogP contribution in [-0.2, 0) is 14.3 Å². The number of fused-ring (bicyclic) bond motifs is 1. The van der Waals surface area contributed by atoms with Crippen LogP contribution in [0.3, 0.4) is 0 Å². The Bertz CT molecular complexity index is 1110. The maximum Gasteiger partial charge on any atom is 1.00 e. The van der Waals surface area contributed by atoms with Gasteiger partial charge in [0.05, 0.1) is 36.3 Å². The summed E-state index contributed by atoms with van der Waals surface area (Å²) in [5.74, 6) is -2.58. The molecule has 0 aliphatic carbocycles. The van der Waals surface area contributed by atoms with Gasteiger partial charge in [0.25, 0.3) is 0 Å². The first kappa shape index (κ1) is 34.1. The van der Waals surface area contributed by atoms with Crippen LogP contribution in [0.1, 0.15) is 45.7 Å². The number of aliphatic hydroxyl groups is 1. The molecule has 4 atom stereocenters. The third-order valence-electron chi connectivity index (χ3n) is 5.79. The first-order valence-electron chi connectivity index (χ1n) is 11.9. The maximum absolute atomic E-state index is 12.4. The summed E-state index contributed by atoms with van der Waals surface area (Å²) >= 11 is 2.70. The van der Waals surface area contributed by atoms with E-state index in [0.717, 1.165) is 5.56 Å². The SMILES string of the molecule is CC.CCOC(=O)/N=C(\N)c1ccc(/C(N)=C/SCSC2=C(C(=O)[O-])N3C(=O)[C@H]([C@@H](C)O)C3[C@H]2C)cc1.[Na+]. The zero-order valence-electron chi connectivity index (χ0n) is 22.5. The quantitative estimate of drug-likeness (QED) is 0.0839. The number of aliphatic imine (C=N–C) groups is 1. The Morgan fingerprint density at radius 3 is 2.34 bits per heavy atom. The van der Waals surface area contributed by atoms with E-state index in [1.54, 1.807) is 36.6 Å². The number of ether oxygens (including phenoxy) is 1. The van der Waals surface area contributed by atoms with Gasteiger partial charge in [0, 0.05) is 27.2 Å². The van der Waals surface area contributed by atoms with Gasteiger partial charge >= 0.3 is 35.7 Å². The molecule has 0 radical (unpaired) electrons. The third-order valence-corrected chi connectivity index (χ3v) is 8.10. The Hall–Kier alpha value is -1.96. The second-order valence-corrected chi connectivity index (χ2v) is 10.3. The Morgan fingerprint density at radius 2 is 1.82 bits per heavy atom. The molecule has 10 nitrogen and oxygen atoms in total. The van der Waals surface area contributed by atoms with Gasteiger partial charge in [0.1, 0.15) is 5.84 Å². The average Bonchev–Trinajstić information content (AvgIpc) is 3.11. The van der Waals surface area contributed by atoms with Crippen molar-refractivity contribution in [2.24, 2.45) is 28.3 Å². The molecule has 1 aromatic rings. The number of rotatable bonds is 9. The van der Waals surface area contributed by atoms with E-state index in [1.165, 1.54) is 35.3 Å². The number of nitrogens with zero attached hydrogens (tertiary/aromatic N) is 2. The van der Waals surface area contributed by atoms with E-state index in [4.69, 9.17) is 16.2 Å². The molecule has 1 aromatic carbocycles. The molecule has 3 rings (SSSR count). The number of thioether (sulfide) groups is 2. The largest absolute Gasteiger partial charge is 1.00 e. The number of amides is 2. The number of carbonyl (C=O) groups excluding carboxylic acids is 3. The van der Waals surface area contributed by atoms with Crippen molar-refractivity contribution in [2.45, 2.75) is 46.8 Å². The van der Waals surface area contributed by atoms with Crippen molar-refractivity contribution in [3.8, 4) is 0 Å². The molecule has 2 amide bonds. The number of hydrogen-bond acceptors (Lipinski definition) is 9. The maximum atomic E-state index is 12.4. The molecule has 2 heterocycles. The van der Waals surface area contributed by atoms with Gasteiger partial charge in [-0.05, 0) is 24.8 Å². The molecule has 202 valence electrons. The van der Waals surface area contributed by atoms with Crippen molar-refractivity contribution >= 4 is 53.0 Å². The second kappa shape index (κ2) is 15.6. The van der Waals surface area contributed by atoms with Gasteiger partial charge in [-0.2, -0.15) is 4.99 Å². The predicted octanol–water partition coefficient (Wildman–Crippen LogP) is -0.921. The molecule has 1 unspecified atom stereocenters. The molecule has 0 saturated carbocycles. The van der Waals surface area contributed by atoms with Crippen LogP contribution in [0.4, 0.5) is 4.79 Å². The summed E-state index contributed by atoms with van der Waals surface area (Å²) in [6.45, 7) is 9.27. The number of benzene rings is 1. The summed E-state index contributed by atoms with van der Waals surface area (Å²) in [7, 11) is 0. The van der Waals surface area contributed by atoms with Gasteiger partial charge in [-0.25, -0.2) is 4.79 Å². The van der Waals surface area contributed by atoms with Crippen LogP contribution in [0.2, 0.25) is 0 Å². The summed E-state index contributed by atoms with van der Waals surface area (Å²) in [6, 6.07) is 6.48. The Balaban J connectivity index is 0.00000235. The van der Waals surface area contributed by atoms with E-state index < -0.39 is 24.1 Å². The Kier molecular flexibility index (Phi) is 14.0. The summed E-state index contributed by atoms with van der Waals surface area (Å²) in [4.78, 5) is 41.0. The Morgan fingerprint density at radius 1 is 1.24 bits per heavy atom. The number of hydrogen-bond donors (Lipinski definition) is 3. The number of aliphatic hydroxyl groups excluding tert-OH is 1. The summed E-state index contributed by atoms with van der Waals surface area (Å²) in [5, 5.41) is 23.9. The Labute approximate surface area is 253 Å². The minimum absolute atomic E-state index is 0. The fourth-order valence-electron chi connectivity index (χ4n) is 4.15. The molecule has 0 bridgehead atoms. The fourth-order valence-corrected chi connectivity index (χ4v) is 6.24. The molecule has 0 aromatic heterocycles. The van der Waals surface area contributed by atoms with Crippen LogP contribution in [-0.4, -0.2) is 57.6 Å². The van der Waals surface area contributed by atoms with Gasteiger partial charge in [-0.1, -0.05) is 45.0 Å². The summed E-state index contributed by atoms with van der Waals surface area (Å²) < 4.78 is 4.74. The normalized spacial score (nSPS) is 21.5. The zero-order chi connectivity index (χ0) is 27.9. The zero-order valence-corrected chi connectivity index (χ0v) is 26.1. The monoisotopic (exact) mass is 572 g/mol. The molecule has 0 spiro atoms. The average molecular weight is 573 g/mol. The van der Waals surface area contributed by atoms with Gasteiger partial charge in [0.15, 0.2) is 0 Å². The number of carboxylic acids is 1. The number of carbonyl (C=O) groups is 3. The van der Waals surface area contributed by atoms with Crippen LogP contribution in [0, 0.1) is 11.8 Å². The van der Waals surface area contributed by atoms with Crippen LogP contribution < -0.4 is 46.1 Å². The molecule has 13 heteroatoms. The molecule has 2 aliphatic rings. The van der Waals surface area contributed by atoms with Crippen molar-refractivity contribution in [2.75, 3.05) is 11.7 Å². The first-order chi connectivity index (χ1) is 17.6. The number of carboxylic acid groups (broad SMARTS) is 1. The number of nitrogens with two attached hydrogens (primary N) is 2. The fraction of sp³-hybridized carbons (Fsp3) is 0.440. The molecular weight excluding hydrogens is 539 g/mol. The van der Waals surface area contributed by atoms with Gasteiger partial charge in [0.2, 0.25) is 5.91 Å². The standard InChI is InChI=1S/C23H28N4O6S2.C2H6.Na/c1-4-33-23(32)26-20(25)14-7-5-13(6-8-14)15(24)9-34-10-35-19-11(2)17-16(12(3)28)21(29)27(17)18(19)22(30)31;1-2;/h5-9,11-12,16-17,28H,4,10,24H2,1-3H3,(H,30,31)(H2,25,26,32);1-2H3;/q;;+1/p-1/b15-9-;;/t11-,12-,16-,17?;;/m1../s1. The van der Waals surface area contributed by atoms with E-state index in [0.29, 0.717) is 21.3 Å². The van der Waals surface area contributed by atoms with E-state index in [9.17, 15) is 24.6 Å². The van der Waals surface area contributed by atoms with E-state index >= 15 is 0 Å². The molecule has 5 N–H and O–H groups in total. The van der Waals surface area contributed by atoms with Crippen molar-refractivity contribution in [1.82, 2.24) is 4.90 Å². The summed E-state index contributed by atoms with van der Waals surface area (Å²) in [6.07, 6.45) is -1.61. The van der Waals surface area contributed by atoms with E-state index in [1.807, 2.05) is 20.8 Å². The van der Waals surface area contributed by atoms with Crippen LogP contribution >= 0.6 is 23.5 Å².